The van der Waals surface area contributed by atoms with Gasteiger partial charge >= 0.3 is 0 Å². The highest BCUT2D eigenvalue weighted by atomic mass is 32.1. The van der Waals surface area contributed by atoms with E-state index in [0.717, 1.165) is 0 Å². The minimum Gasteiger partial charge on any atom is -0.354 e. The zero-order chi connectivity index (χ0) is 15.0. The van der Waals surface area contributed by atoms with E-state index >= 15 is 0 Å². The highest BCUT2D eigenvalue weighted by Crippen LogP contribution is 2.12. The number of benzene rings is 1. The van der Waals surface area contributed by atoms with E-state index in [4.69, 9.17) is 0 Å². The Morgan fingerprint density at radius 2 is 1.70 bits per heavy atom. The number of carbonyl (C=O) groups is 3. The number of amides is 2. The topological polar surface area (TPSA) is 75.3 Å². The third kappa shape index (κ3) is 5.88. The maximum atomic E-state index is 11.8. The van der Waals surface area contributed by atoms with Gasteiger partial charge in [-0.15, -0.1) is 12.6 Å². The van der Waals surface area contributed by atoms with Crippen molar-refractivity contribution in [3.8, 4) is 0 Å². The van der Waals surface area contributed by atoms with Crippen molar-refractivity contribution in [1.29, 1.82) is 0 Å². The van der Waals surface area contributed by atoms with Crippen molar-refractivity contribution in [3.05, 3.63) is 29.8 Å². The molecule has 1 aromatic rings. The van der Waals surface area contributed by atoms with Gasteiger partial charge in [-0.05, 0) is 19.1 Å². The Balaban J connectivity index is 2.25. The first-order valence-corrected chi connectivity index (χ1v) is 6.77. The standard InChI is InChI=1S/C14H18N2O3S/c1-10(17)6-7-13(18)15-8-9-16-14(19)11-4-2-3-5-12(11)20/h2-5,20H,6-9H2,1H3,(H,15,18)(H,16,19). The zero-order valence-electron chi connectivity index (χ0n) is 11.3. The summed E-state index contributed by atoms with van der Waals surface area (Å²) < 4.78 is 0. The Morgan fingerprint density at radius 3 is 2.35 bits per heavy atom. The summed E-state index contributed by atoms with van der Waals surface area (Å²) >= 11 is 4.20. The van der Waals surface area contributed by atoms with Crippen LogP contribution in [0.25, 0.3) is 0 Å². The molecule has 0 aromatic heterocycles. The zero-order valence-corrected chi connectivity index (χ0v) is 12.2. The van der Waals surface area contributed by atoms with Crippen LogP contribution in [0.3, 0.4) is 0 Å². The SMILES string of the molecule is CC(=O)CCC(=O)NCCNC(=O)c1ccccc1S. The molecule has 20 heavy (non-hydrogen) atoms. The predicted molar refractivity (Wildman–Crippen MR) is 79.0 cm³/mol. The molecule has 0 aliphatic heterocycles. The molecule has 1 rings (SSSR count). The van der Waals surface area contributed by atoms with Gasteiger partial charge < -0.3 is 15.4 Å². The molecule has 0 bridgehead atoms. The lowest BCUT2D eigenvalue weighted by Gasteiger charge is -2.08. The average molecular weight is 294 g/mol. The van der Waals surface area contributed by atoms with E-state index in [1.807, 2.05) is 0 Å². The van der Waals surface area contributed by atoms with Gasteiger partial charge in [0, 0.05) is 30.8 Å². The summed E-state index contributed by atoms with van der Waals surface area (Å²) in [6.45, 7) is 2.10. The molecule has 108 valence electrons. The smallest absolute Gasteiger partial charge is 0.252 e. The van der Waals surface area contributed by atoms with E-state index in [9.17, 15) is 14.4 Å². The largest absolute Gasteiger partial charge is 0.354 e. The summed E-state index contributed by atoms with van der Waals surface area (Å²) in [5.41, 5.74) is 0.499. The minimum atomic E-state index is -0.228. The third-order valence-electron chi connectivity index (χ3n) is 2.59. The molecule has 0 spiro atoms. The van der Waals surface area contributed by atoms with Gasteiger partial charge in [0.25, 0.3) is 5.91 Å². The predicted octanol–water partition coefficient (Wildman–Crippen LogP) is 1.19. The first kappa shape index (κ1) is 16.2. The van der Waals surface area contributed by atoms with E-state index in [2.05, 4.69) is 23.3 Å². The van der Waals surface area contributed by atoms with Crippen LogP contribution in [0, 0.1) is 0 Å². The van der Waals surface area contributed by atoms with Crippen LogP contribution in [0.2, 0.25) is 0 Å². The molecule has 2 N–H and O–H groups in total. The van der Waals surface area contributed by atoms with Gasteiger partial charge in [-0.2, -0.15) is 0 Å². The molecule has 0 saturated heterocycles. The number of Topliss-reactive ketones (excluding diaryl/α,β-unsaturated/α-hetero) is 1. The lowest BCUT2D eigenvalue weighted by Crippen LogP contribution is -2.34. The molecule has 6 heteroatoms. The van der Waals surface area contributed by atoms with Crippen LogP contribution < -0.4 is 10.6 Å². The molecule has 5 nitrogen and oxygen atoms in total. The lowest BCUT2D eigenvalue weighted by molar-refractivity contribution is -0.124. The van der Waals surface area contributed by atoms with Crippen LogP contribution in [-0.4, -0.2) is 30.7 Å². The summed E-state index contributed by atoms with van der Waals surface area (Å²) in [5.74, 6) is -0.434. The number of rotatable bonds is 7. The quantitative estimate of drug-likeness (QED) is 0.522. The first-order valence-electron chi connectivity index (χ1n) is 6.33. The molecule has 0 aliphatic carbocycles. The number of hydrogen-bond acceptors (Lipinski definition) is 4. The van der Waals surface area contributed by atoms with Crippen molar-refractivity contribution in [1.82, 2.24) is 10.6 Å². The van der Waals surface area contributed by atoms with Gasteiger partial charge in [0.15, 0.2) is 0 Å². The number of nitrogens with one attached hydrogen (secondary N) is 2. The molecule has 0 fully saturated rings. The molecule has 0 unspecified atom stereocenters. The van der Waals surface area contributed by atoms with Crippen LogP contribution in [0.15, 0.2) is 29.2 Å². The Bertz CT molecular complexity index is 503. The number of carbonyl (C=O) groups excluding carboxylic acids is 3. The van der Waals surface area contributed by atoms with Gasteiger partial charge in [-0.3, -0.25) is 9.59 Å². The summed E-state index contributed by atoms with van der Waals surface area (Å²) in [7, 11) is 0. The second-order valence-corrected chi connectivity index (χ2v) is 4.81. The molecule has 0 atom stereocenters. The minimum absolute atomic E-state index is 0.0150. The molecular formula is C14H18N2O3S. The van der Waals surface area contributed by atoms with Gasteiger partial charge in [-0.1, -0.05) is 12.1 Å². The van der Waals surface area contributed by atoms with Crippen LogP contribution >= 0.6 is 12.6 Å². The fourth-order valence-corrected chi connectivity index (χ4v) is 1.78. The molecule has 0 aliphatic rings. The Labute approximate surface area is 123 Å². The summed E-state index contributed by atoms with van der Waals surface area (Å²) in [5, 5.41) is 5.33. The van der Waals surface area contributed by atoms with Crippen molar-refractivity contribution in [2.45, 2.75) is 24.7 Å². The third-order valence-corrected chi connectivity index (χ3v) is 2.98. The first-order chi connectivity index (χ1) is 9.50. The second kappa shape index (κ2) is 8.37. The number of ketones is 1. The number of thiol groups is 1. The highest BCUT2D eigenvalue weighted by molar-refractivity contribution is 7.80. The summed E-state index contributed by atoms with van der Waals surface area (Å²) in [6.07, 6.45) is 0.425. The maximum absolute atomic E-state index is 11.8. The van der Waals surface area contributed by atoms with E-state index in [-0.39, 0.29) is 30.4 Å². The Kier molecular flexibility index (Phi) is 6.79. The van der Waals surface area contributed by atoms with Crippen molar-refractivity contribution in [2.24, 2.45) is 0 Å². The van der Waals surface area contributed by atoms with Crippen LogP contribution in [-0.2, 0) is 9.59 Å². The van der Waals surface area contributed by atoms with Crippen LogP contribution in [0.4, 0.5) is 0 Å². The van der Waals surface area contributed by atoms with E-state index in [1.54, 1.807) is 24.3 Å². The van der Waals surface area contributed by atoms with Gasteiger partial charge in [0.2, 0.25) is 5.91 Å². The maximum Gasteiger partial charge on any atom is 0.252 e. The molecule has 2 amide bonds. The normalized spacial score (nSPS) is 9.90. The van der Waals surface area contributed by atoms with E-state index in [0.29, 0.717) is 23.5 Å². The average Bonchev–Trinajstić information content (AvgIpc) is 2.41. The van der Waals surface area contributed by atoms with E-state index in [1.165, 1.54) is 6.92 Å². The molecule has 0 radical (unpaired) electrons. The fraction of sp³-hybridized carbons (Fsp3) is 0.357. The van der Waals surface area contributed by atoms with Crippen molar-refractivity contribution in [2.75, 3.05) is 13.1 Å². The Hall–Kier alpha value is -1.82. The Morgan fingerprint density at radius 1 is 1.05 bits per heavy atom. The van der Waals surface area contributed by atoms with Gasteiger partial charge in [0.1, 0.15) is 5.78 Å². The van der Waals surface area contributed by atoms with Crippen molar-refractivity contribution in [3.63, 3.8) is 0 Å². The van der Waals surface area contributed by atoms with Gasteiger partial charge in [0.05, 0.1) is 5.56 Å². The summed E-state index contributed by atoms with van der Waals surface area (Å²) in [6, 6.07) is 6.98. The van der Waals surface area contributed by atoms with Crippen LogP contribution in [0.5, 0.6) is 0 Å². The van der Waals surface area contributed by atoms with Crippen molar-refractivity contribution < 1.29 is 14.4 Å². The van der Waals surface area contributed by atoms with E-state index < -0.39 is 0 Å². The molecular weight excluding hydrogens is 276 g/mol. The lowest BCUT2D eigenvalue weighted by atomic mass is 10.2. The second-order valence-electron chi connectivity index (χ2n) is 4.33. The van der Waals surface area contributed by atoms with Crippen LogP contribution in [0.1, 0.15) is 30.1 Å². The van der Waals surface area contributed by atoms with Crippen molar-refractivity contribution >= 4 is 30.2 Å². The monoisotopic (exact) mass is 294 g/mol. The molecule has 0 heterocycles. The fourth-order valence-electron chi connectivity index (χ4n) is 1.52. The van der Waals surface area contributed by atoms with Gasteiger partial charge in [-0.25, -0.2) is 0 Å². The summed E-state index contributed by atoms with van der Waals surface area (Å²) in [4.78, 5) is 34.5. The molecule has 0 saturated carbocycles. The highest BCUT2D eigenvalue weighted by Gasteiger charge is 2.08. The molecule has 1 aromatic carbocycles. The number of hydrogen-bond donors (Lipinski definition) is 3.